The zero-order chi connectivity index (χ0) is 12.3. The number of halogens is 1. The molecule has 1 heterocycles. The van der Waals surface area contributed by atoms with Gasteiger partial charge in [0.1, 0.15) is 5.82 Å². The first kappa shape index (κ1) is 12.0. The van der Waals surface area contributed by atoms with Crippen molar-refractivity contribution in [3.63, 3.8) is 0 Å². The monoisotopic (exact) mass is 236 g/mol. The first-order valence-corrected chi connectivity index (χ1v) is 5.90. The molecule has 1 aromatic carbocycles. The molecule has 0 saturated carbocycles. The maximum absolute atomic E-state index is 13.3. The second-order valence-corrected chi connectivity index (χ2v) is 4.50. The Morgan fingerprint density at radius 1 is 1.53 bits per heavy atom. The third-order valence-corrected chi connectivity index (χ3v) is 3.10. The van der Waals surface area contributed by atoms with Crippen LogP contribution in [0.5, 0.6) is 0 Å². The van der Waals surface area contributed by atoms with Gasteiger partial charge >= 0.3 is 0 Å². The molecule has 1 fully saturated rings. The maximum atomic E-state index is 13.3. The van der Waals surface area contributed by atoms with E-state index in [1.807, 2.05) is 6.07 Å². The van der Waals surface area contributed by atoms with Gasteiger partial charge in [0.15, 0.2) is 0 Å². The number of rotatable bonds is 3. The van der Waals surface area contributed by atoms with E-state index in [1.165, 1.54) is 0 Å². The lowest BCUT2D eigenvalue weighted by Gasteiger charge is -2.23. The van der Waals surface area contributed by atoms with Crippen LogP contribution in [-0.2, 0) is 11.3 Å². The summed E-state index contributed by atoms with van der Waals surface area (Å²) in [6, 6.07) is 5.56. The molecule has 0 aliphatic carbocycles. The van der Waals surface area contributed by atoms with Gasteiger partial charge in [-0.2, -0.15) is 0 Å². The van der Waals surface area contributed by atoms with Crippen molar-refractivity contribution in [1.82, 2.24) is 10.6 Å². The summed E-state index contributed by atoms with van der Waals surface area (Å²) < 4.78 is 13.3. The Morgan fingerprint density at radius 3 is 3.00 bits per heavy atom. The molecule has 1 saturated heterocycles. The highest BCUT2D eigenvalue weighted by Crippen LogP contribution is 2.10. The molecular formula is C13H17FN2O. The van der Waals surface area contributed by atoms with Gasteiger partial charge in [-0.25, -0.2) is 4.39 Å². The van der Waals surface area contributed by atoms with Crippen molar-refractivity contribution in [2.24, 2.45) is 0 Å². The molecule has 1 amide bonds. The van der Waals surface area contributed by atoms with Crippen LogP contribution in [0.4, 0.5) is 4.39 Å². The second-order valence-electron chi connectivity index (χ2n) is 4.50. The molecule has 3 nitrogen and oxygen atoms in total. The molecule has 2 N–H and O–H groups in total. The fourth-order valence-electron chi connectivity index (χ4n) is 1.92. The Labute approximate surface area is 100 Å². The molecular weight excluding hydrogens is 219 g/mol. The van der Waals surface area contributed by atoms with Gasteiger partial charge < -0.3 is 10.6 Å². The van der Waals surface area contributed by atoms with Gasteiger partial charge in [0.25, 0.3) is 0 Å². The standard InChI is InChI=1S/C13H17FN2O/c1-9-2-3-10(6-12(9)14)7-15-11-4-5-13(17)16-8-11/h2-3,6,11,15H,4-5,7-8H2,1H3,(H,16,17). The minimum Gasteiger partial charge on any atom is -0.355 e. The van der Waals surface area contributed by atoms with Gasteiger partial charge in [-0.1, -0.05) is 12.1 Å². The van der Waals surface area contributed by atoms with Gasteiger partial charge in [-0.15, -0.1) is 0 Å². The fraction of sp³-hybridized carbons (Fsp3) is 0.462. The summed E-state index contributed by atoms with van der Waals surface area (Å²) in [5, 5.41) is 6.14. The Morgan fingerprint density at radius 2 is 2.35 bits per heavy atom. The minimum absolute atomic E-state index is 0.115. The summed E-state index contributed by atoms with van der Waals surface area (Å²) >= 11 is 0. The minimum atomic E-state index is -0.166. The van der Waals surface area contributed by atoms with Crippen molar-refractivity contribution in [2.45, 2.75) is 32.4 Å². The summed E-state index contributed by atoms with van der Waals surface area (Å²) in [6.45, 7) is 3.05. The van der Waals surface area contributed by atoms with Gasteiger partial charge in [0.2, 0.25) is 5.91 Å². The van der Waals surface area contributed by atoms with Gasteiger partial charge in [0, 0.05) is 25.6 Å². The highest BCUT2D eigenvalue weighted by molar-refractivity contribution is 5.76. The lowest BCUT2D eigenvalue weighted by Crippen LogP contribution is -2.45. The van der Waals surface area contributed by atoms with E-state index in [2.05, 4.69) is 10.6 Å². The number of piperidine rings is 1. The number of nitrogens with one attached hydrogen (secondary N) is 2. The van der Waals surface area contributed by atoms with Gasteiger partial charge in [0.05, 0.1) is 0 Å². The van der Waals surface area contributed by atoms with Crippen LogP contribution in [0.1, 0.15) is 24.0 Å². The van der Waals surface area contributed by atoms with Crippen molar-refractivity contribution < 1.29 is 9.18 Å². The zero-order valence-electron chi connectivity index (χ0n) is 9.92. The Bertz CT molecular complexity index is 410. The molecule has 4 heteroatoms. The molecule has 0 radical (unpaired) electrons. The molecule has 1 aromatic rings. The highest BCUT2D eigenvalue weighted by atomic mass is 19.1. The van der Waals surface area contributed by atoms with E-state index in [1.54, 1.807) is 19.1 Å². The van der Waals surface area contributed by atoms with E-state index >= 15 is 0 Å². The largest absolute Gasteiger partial charge is 0.355 e. The van der Waals surface area contributed by atoms with E-state index in [9.17, 15) is 9.18 Å². The highest BCUT2D eigenvalue weighted by Gasteiger charge is 2.16. The molecule has 0 spiro atoms. The molecule has 1 unspecified atom stereocenters. The predicted octanol–water partition coefficient (Wildman–Crippen LogP) is 1.50. The molecule has 17 heavy (non-hydrogen) atoms. The van der Waals surface area contributed by atoms with E-state index in [0.29, 0.717) is 25.1 Å². The number of aryl methyl sites for hydroxylation is 1. The Kier molecular flexibility index (Phi) is 3.74. The molecule has 1 aliphatic heterocycles. The first-order valence-electron chi connectivity index (χ1n) is 5.90. The SMILES string of the molecule is Cc1ccc(CNC2CCC(=O)NC2)cc1F. The number of hydrogen-bond acceptors (Lipinski definition) is 2. The average molecular weight is 236 g/mol. The fourth-order valence-corrected chi connectivity index (χ4v) is 1.92. The summed E-state index contributed by atoms with van der Waals surface area (Å²) in [6.07, 6.45) is 1.42. The average Bonchev–Trinajstić information content (AvgIpc) is 2.33. The van der Waals surface area contributed by atoms with Crippen LogP contribution in [0.15, 0.2) is 18.2 Å². The summed E-state index contributed by atoms with van der Waals surface area (Å²) in [5.74, 6) is -0.0503. The van der Waals surface area contributed by atoms with Gasteiger partial charge in [-0.3, -0.25) is 4.79 Å². The number of carbonyl (C=O) groups excluding carboxylic acids is 1. The molecule has 92 valence electrons. The molecule has 1 aliphatic rings. The van der Waals surface area contributed by atoms with Gasteiger partial charge in [-0.05, 0) is 30.5 Å². The maximum Gasteiger partial charge on any atom is 0.220 e. The van der Waals surface area contributed by atoms with Crippen LogP contribution in [0, 0.1) is 12.7 Å². The second kappa shape index (κ2) is 5.27. The molecule has 0 bridgehead atoms. The van der Waals surface area contributed by atoms with Crippen LogP contribution in [0.3, 0.4) is 0 Å². The summed E-state index contributed by atoms with van der Waals surface area (Å²) in [4.78, 5) is 11.0. The van der Waals surface area contributed by atoms with Crippen molar-refractivity contribution >= 4 is 5.91 Å². The predicted molar refractivity (Wildman–Crippen MR) is 64.0 cm³/mol. The number of amides is 1. The quantitative estimate of drug-likeness (QED) is 0.835. The number of hydrogen-bond donors (Lipinski definition) is 2. The van der Waals surface area contributed by atoms with E-state index in [4.69, 9.17) is 0 Å². The molecule has 0 aromatic heterocycles. The third kappa shape index (κ3) is 3.27. The molecule has 1 atom stereocenters. The van der Waals surface area contributed by atoms with Crippen LogP contribution in [0.2, 0.25) is 0 Å². The summed E-state index contributed by atoms with van der Waals surface area (Å²) in [5.41, 5.74) is 1.60. The normalized spacial score (nSPS) is 20.1. The van der Waals surface area contributed by atoms with E-state index < -0.39 is 0 Å². The van der Waals surface area contributed by atoms with Crippen LogP contribution >= 0.6 is 0 Å². The smallest absolute Gasteiger partial charge is 0.220 e. The lowest BCUT2D eigenvalue weighted by molar-refractivity contribution is -0.122. The van der Waals surface area contributed by atoms with Crippen molar-refractivity contribution in [1.29, 1.82) is 0 Å². The lowest BCUT2D eigenvalue weighted by atomic mass is 10.1. The zero-order valence-corrected chi connectivity index (χ0v) is 9.92. The number of benzene rings is 1. The van der Waals surface area contributed by atoms with E-state index in [-0.39, 0.29) is 17.8 Å². The van der Waals surface area contributed by atoms with Crippen LogP contribution in [0.25, 0.3) is 0 Å². The third-order valence-electron chi connectivity index (χ3n) is 3.10. The first-order chi connectivity index (χ1) is 8.15. The topological polar surface area (TPSA) is 41.1 Å². The number of carbonyl (C=O) groups is 1. The Balaban J connectivity index is 1.85. The van der Waals surface area contributed by atoms with Crippen LogP contribution in [-0.4, -0.2) is 18.5 Å². The molecule has 2 rings (SSSR count). The Hall–Kier alpha value is -1.42. The van der Waals surface area contributed by atoms with Crippen molar-refractivity contribution in [3.8, 4) is 0 Å². The van der Waals surface area contributed by atoms with E-state index in [0.717, 1.165) is 12.0 Å². The van der Waals surface area contributed by atoms with Crippen molar-refractivity contribution in [2.75, 3.05) is 6.54 Å². The summed E-state index contributed by atoms with van der Waals surface area (Å²) in [7, 11) is 0. The van der Waals surface area contributed by atoms with Crippen LogP contribution < -0.4 is 10.6 Å². The van der Waals surface area contributed by atoms with Crippen molar-refractivity contribution in [3.05, 3.63) is 35.1 Å².